The number of hydrogen-bond acceptors (Lipinski definition) is 4. The van der Waals surface area contributed by atoms with Crippen molar-refractivity contribution in [2.75, 3.05) is 19.0 Å². The van der Waals surface area contributed by atoms with Crippen LogP contribution in [0.1, 0.15) is 17.3 Å². The molecule has 0 fully saturated rings. The van der Waals surface area contributed by atoms with Gasteiger partial charge < -0.3 is 10.1 Å². The van der Waals surface area contributed by atoms with Crippen LogP contribution in [0.4, 0.5) is 5.69 Å². The molecule has 0 atom stereocenters. The molecule has 0 amide bonds. The van der Waals surface area contributed by atoms with Crippen LogP contribution in [0.15, 0.2) is 16.9 Å². The summed E-state index contributed by atoms with van der Waals surface area (Å²) in [5, 5.41) is 2.90. The summed E-state index contributed by atoms with van der Waals surface area (Å²) in [7, 11) is 1.74. The molecule has 0 radical (unpaired) electrons. The van der Waals surface area contributed by atoms with Crippen LogP contribution in [-0.2, 0) is 4.74 Å². The Balaban J connectivity index is 3.10. The average molecular weight is 259 g/mol. The number of ether oxygens (including phenoxy) is 1. The van der Waals surface area contributed by atoms with E-state index >= 15 is 0 Å². The van der Waals surface area contributed by atoms with Crippen molar-refractivity contribution in [2.45, 2.75) is 6.92 Å². The number of esters is 1. The van der Waals surface area contributed by atoms with Gasteiger partial charge in [0.1, 0.15) is 10.2 Å². The standard InChI is InChI=1S/C9H11BrN2O2/c1-3-14-9(13)7-6(11-2)4-5-12-8(7)10/h4-5H,3H2,1-2H3,(H,11,12). The topological polar surface area (TPSA) is 51.2 Å². The van der Waals surface area contributed by atoms with Gasteiger partial charge in [0.05, 0.1) is 12.3 Å². The van der Waals surface area contributed by atoms with Gasteiger partial charge in [-0.3, -0.25) is 0 Å². The van der Waals surface area contributed by atoms with Crippen molar-refractivity contribution >= 4 is 27.6 Å². The third kappa shape index (κ3) is 2.23. The Morgan fingerprint density at radius 3 is 3.00 bits per heavy atom. The summed E-state index contributed by atoms with van der Waals surface area (Å²) < 4.78 is 5.39. The van der Waals surface area contributed by atoms with Crippen LogP contribution in [-0.4, -0.2) is 24.6 Å². The molecule has 1 aromatic rings. The second-order valence-electron chi connectivity index (χ2n) is 2.49. The molecule has 1 heterocycles. The van der Waals surface area contributed by atoms with Gasteiger partial charge in [-0.2, -0.15) is 0 Å². The molecular weight excluding hydrogens is 248 g/mol. The van der Waals surface area contributed by atoms with Gasteiger partial charge in [-0.05, 0) is 28.9 Å². The van der Waals surface area contributed by atoms with Crippen LogP contribution < -0.4 is 5.32 Å². The summed E-state index contributed by atoms with van der Waals surface area (Å²) >= 11 is 3.21. The van der Waals surface area contributed by atoms with E-state index < -0.39 is 0 Å². The number of aromatic nitrogens is 1. The van der Waals surface area contributed by atoms with Crippen LogP contribution in [0.25, 0.3) is 0 Å². The first-order valence-corrected chi connectivity index (χ1v) is 4.99. The average Bonchev–Trinajstić information content (AvgIpc) is 2.17. The highest BCUT2D eigenvalue weighted by molar-refractivity contribution is 9.10. The molecule has 0 aliphatic carbocycles. The lowest BCUT2D eigenvalue weighted by atomic mass is 10.2. The number of nitrogens with zero attached hydrogens (tertiary/aromatic N) is 1. The fourth-order valence-electron chi connectivity index (χ4n) is 1.04. The van der Waals surface area contributed by atoms with E-state index in [1.54, 1.807) is 26.2 Å². The molecule has 0 saturated heterocycles. The fraction of sp³-hybridized carbons (Fsp3) is 0.333. The van der Waals surface area contributed by atoms with E-state index in [1.165, 1.54) is 0 Å². The van der Waals surface area contributed by atoms with E-state index in [4.69, 9.17) is 4.74 Å². The molecule has 1 rings (SSSR count). The van der Waals surface area contributed by atoms with E-state index in [0.717, 1.165) is 0 Å². The second-order valence-corrected chi connectivity index (χ2v) is 3.25. The van der Waals surface area contributed by atoms with Crippen molar-refractivity contribution < 1.29 is 9.53 Å². The number of carbonyl (C=O) groups is 1. The van der Waals surface area contributed by atoms with Gasteiger partial charge in [0.15, 0.2) is 0 Å². The van der Waals surface area contributed by atoms with Crippen LogP contribution in [0.2, 0.25) is 0 Å². The zero-order chi connectivity index (χ0) is 10.6. The Labute approximate surface area is 90.8 Å². The Kier molecular flexibility index (Phi) is 3.88. The number of anilines is 1. The fourth-order valence-corrected chi connectivity index (χ4v) is 1.54. The Morgan fingerprint density at radius 2 is 2.43 bits per heavy atom. The lowest BCUT2D eigenvalue weighted by Gasteiger charge is -2.08. The Hall–Kier alpha value is -1.10. The number of halogens is 1. The Bertz CT molecular complexity index is 342. The van der Waals surface area contributed by atoms with Crippen molar-refractivity contribution in [3.63, 3.8) is 0 Å². The number of rotatable bonds is 3. The summed E-state index contributed by atoms with van der Waals surface area (Å²) in [5.74, 6) is -0.378. The molecular formula is C9H11BrN2O2. The highest BCUT2D eigenvalue weighted by Crippen LogP contribution is 2.22. The molecule has 5 heteroatoms. The summed E-state index contributed by atoms with van der Waals surface area (Å²) in [4.78, 5) is 15.5. The Morgan fingerprint density at radius 1 is 1.71 bits per heavy atom. The monoisotopic (exact) mass is 258 g/mol. The molecule has 76 valence electrons. The SMILES string of the molecule is CCOC(=O)c1c(NC)ccnc1Br. The van der Waals surface area contributed by atoms with Gasteiger partial charge in [0.2, 0.25) is 0 Å². The molecule has 0 saturated carbocycles. The van der Waals surface area contributed by atoms with Crippen molar-refractivity contribution in [1.82, 2.24) is 4.98 Å². The normalized spacial score (nSPS) is 9.64. The minimum atomic E-state index is -0.378. The van der Waals surface area contributed by atoms with Gasteiger partial charge in [-0.15, -0.1) is 0 Å². The van der Waals surface area contributed by atoms with Gasteiger partial charge in [0.25, 0.3) is 0 Å². The molecule has 14 heavy (non-hydrogen) atoms. The maximum absolute atomic E-state index is 11.5. The van der Waals surface area contributed by atoms with E-state index in [-0.39, 0.29) is 5.97 Å². The lowest BCUT2D eigenvalue weighted by Crippen LogP contribution is -2.09. The minimum Gasteiger partial charge on any atom is -0.462 e. The van der Waals surface area contributed by atoms with Crippen LogP contribution in [0.5, 0.6) is 0 Å². The van der Waals surface area contributed by atoms with Gasteiger partial charge in [0, 0.05) is 13.2 Å². The molecule has 1 aromatic heterocycles. The molecule has 0 unspecified atom stereocenters. The quantitative estimate of drug-likeness (QED) is 0.666. The molecule has 0 spiro atoms. The summed E-state index contributed by atoms with van der Waals surface area (Å²) in [5.41, 5.74) is 1.13. The van der Waals surface area contributed by atoms with Gasteiger partial charge in [-0.25, -0.2) is 9.78 Å². The van der Waals surface area contributed by atoms with Crippen LogP contribution in [0.3, 0.4) is 0 Å². The molecule has 0 bridgehead atoms. The van der Waals surface area contributed by atoms with Crippen molar-refractivity contribution in [3.8, 4) is 0 Å². The van der Waals surface area contributed by atoms with Crippen LogP contribution in [0, 0.1) is 0 Å². The van der Waals surface area contributed by atoms with E-state index in [2.05, 4.69) is 26.2 Å². The zero-order valence-electron chi connectivity index (χ0n) is 8.00. The molecule has 0 aliphatic rings. The van der Waals surface area contributed by atoms with E-state index in [0.29, 0.717) is 22.5 Å². The third-order valence-electron chi connectivity index (χ3n) is 1.65. The zero-order valence-corrected chi connectivity index (χ0v) is 9.59. The van der Waals surface area contributed by atoms with Crippen molar-refractivity contribution in [3.05, 3.63) is 22.4 Å². The first kappa shape index (κ1) is 11.0. The predicted octanol–water partition coefficient (Wildman–Crippen LogP) is 2.06. The van der Waals surface area contributed by atoms with Gasteiger partial charge in [-0.1, -0.05) is 0 Å². The molecule has 0 aliphatic heterocycles. The van der Waals surface area contributed by atoms with Gasteiger partial charge >= 0.3 is 5.97 Å². The predicted molar refractivity (Wildman–Crippen MR) is 57.4 cm³/mol. The number of nitrogens with one attached hydrogen (secondary N) is 1. The molecule has 0 aromatic carbocycles. The minimum absolute atomic E-state index is 0.351. The summed E-state index contributed by atoms with van der Waals surface area (Å²) in [6, 6.07) is 1.72. The summed E-state index contributed by atoms with van der Waals surface area (Å²) in [6.07, 6.45) is 1.61. The van der Waals surface area contributed by atoms with E-state index in [9.17, 15) is 4.79 Å². The van der Waals surface area contributed by atoms with Crippen LogP contribution >= 0.6 is 15.9 Å². The van der Waals surface area contributed by atoms with E-state index in [1.807, 2.05) is 0 Å². The highest BCUT2D eigenvalue weighted by Gasteiger charge is 2.16. The first-order valence-electron chi connectivity index (χ1n) is 4.20. The molecule has 1 N–H and O–H groups in total. The third-order valence-corrected chi connectivity index (χ3v) is 2.25. The number of hydrogen-bond donors (Lipinski definition) is 1. The first-order chi connectivity index (χ1) is 6.70. The second kappa shape index (κ2) is 4.95. The number of carbonyl (C=O) groups excluding carboxylic acids is 1. The smallest absolute Gasteiger partial charge is 0.343 e. The highest BCUT2D eigenvalue weighted by atomic mass is 79.9. The van der Waals surface area contributed by atoms with Crippen molar-refractivity contribution in [1.29, 1.82) is 0 Å². The number of pyridine rings is 1. The van der Waals surface area contributed by atoms with Crippen molar-refractivity contribution in [2.24, 2.45) is 0 Å². The summed E-state index contributed by atoms with van der Waals surface area (Å²) in [6.45, 7) is 2.12. The maximum atomic E-state index is 11.5. The maximum Gasteiger partial charge on any atom is 0.343 e. The lowest BCUT2D eigenvalue weighted by molar-refractivity contribution is 0.0526. The molecule has 4 nitrogen and oxygen atoms in total. The largest absolute Gasteiger partial charge is 0.462 e.